The maximum absolute atomic E-state index is 9.64. The number of hydrogen-bond acceptors (Lipinski definition) is 2. The van der Waals surface area contributed by atoms with Crippen molar-refractivity contribution in [3.8, 4) is 0 Å². The van der Waals surface area contributed by atoms with Crippen LogP contribution in [0.3, 0.4) is 0 Å². The van der Waals surface area contributed by atoms with Gasteiger partial charge in [0.15, 0.2) is 0 Å². The van der Waals surface area contributed by atoms with Gasteiger partial charge in [-0.05, 0) is 31.1 Å². The van der Waals surface area contributed by atoms with E-state index in [0.29, 0.717) is 11.8 Å². The third-order valence-electron chi connectivity index (χ3n) is 2.73. The van der Waals surface area contributed by atoms with Crippen LogP contribution in [0.4, 0.5) is 0 Å². The highest BCUT2D eigenvalue weighted by Crippen LogP contribution is 2.29. The molecule has 72 valence electrons. The van der Waals surface area contributed by atoms with Gasteiger partial charge in [-0.2, -0.15) is 0 Å². The van der Waals surface area contributed by atoms with Crippen molar-refractivity contribution in [2.24, 2.45) is 11.8 Å². The zero-order valence-corrected chi connectivity index (χ0v) is 8.03. The monoisotopic (exact) mass is 172 g/mol. The first-order valence-electron chi connectivity index (χ1n) is 4.97. The van der Waals surface area contributed by atoms with E-state index in [0.717, 1.165) is 25.7 Å². The summed E-state index contributed by atoms with van der Waals surface area (Å²) >= 11 is 0. The molecule has 0 aromatic heterocycles. The highest BCUT2D eigenvalue weighted by molar-refractivity contribution is 4.81. The van der Waals surface area contributed by atoms with E-state index in [9.17, 15) is 10.2 Å². The minimum Gasteiger partial charge on any atom is -0.390 e. The fraction of sp³-hybridized carbons (Fsp3) is 1.00. The average Bonchev–Trinajstić information content (AvgIpc) is 1.98. The molecule has 0 aromatic carbocycles. The Morgan fingerprint density at radius 2 is 1.92 bits per heavy atom. The molecule has 12 heavy (non-hydrogen) atoms. The lowest BCUT2D eigenvalue weighted by molar-refractivity contribution is -0.0496. The molecule has 0 saturated heterocycles. The van der Waals surface area contributed by atoms with Gasteiger partial charge in [-0.1, -0.05) is 20.3 Å². The van der Waals surface area contributed by atoms with Crippen LogP contribution in [0.25, 0.3) is 0 Å². The van der Waals surface area contributed by atoms with Gasteiger partial charge < -0.3 is 10.2 Å². The first kappa shape index (κ1) is 10.0. The molecule has 0 heterocycles. The predicted octanol–water partition coefficient (Wildman–Crippen LogP) is 1.55. The zero-order valence-electron chi connectivity index (χ0n) is 8.03. The summed E-state index contributed by atoms with van der Waals surface area (Å²) in [7, 11) is 0. The lowest BCUT2D eigenvalue weighted by Gasteiger charge is -2.32. The fourth-order valence-electron chi connectivity index (χ4n) is 2.11. The number of aliphatic hydroxyl groups excluding tert-OH is 2. The smallest absolute Gasteiger partial charge is 0.0827 e. The Bertz CT molecular complexity index is 134. The molecule has 1 aliphatic carbocycles. The summed E-state index contributed by atoms with van der Waals surface area (Å²) in [4.78, 5) is 0. The molecule has 1 fully saturated rings. The van der Waals surface area contributed by atoms with Crippen molar-refractivity contribution >= 4 is 0 Å². The molecule has 2 heteroatoms. The van der Waals surface area contributed by atoms with Gasteiger partial charge in [-0.3, -0.25) is 0 Å². The van der Waals surface area contributed by atoms with E-state index in [-0.39, 0.29) is 0 Å². The highest BCUT2D eigenvalue weighted by Gasteiger charge is 2.30. The summed E-state index contributed by atoms with van der Waals surface area (Å²) < 4.78 is 0. The standard InChI is InChI=1S/C10H20O2/c1-7(2)6-8-4-3-5-9(11)10(8)12/h7-12H,3-6H2,1-2H3/t8-,9-,10+/m1/s1. The van der Waals surface area contributed by atoms with Gasteiger partial charge in [0.2, 0.25) is 0 Å². The van der Waals surface area contributed by atoms with Gasteiger partial charge in [-0.25, -0.2) is 0 Å². The second kappa shape index (κ2) is 4.24. The van der Waals surface area contributed by atoms with Crippen molar-refractivity contribution in [2.45, 2.75) is 51.7 Å². The Morgan fingerprint density at radius 1 is 1.25 bits per heavy atom. The summed E-state index contributed by atoms with van der Waals surface area (Å²) in [6.45, 7) is 4.32. The Balaban J connectivity index is 2.41. The summed E-state index contributed by atoms with van der Waals surface area (Å²) in [5.74, 6) is 0.948. The van der Waals surface area contributed by atoms with E-state index < -0.39 is 12.2 Å². The van der Waals surface area contributed by atoms with Crippen molar-refractivity contribution in [3.63, 3.8) is 0 Å². The molecule has 0 radical (unpaired) electrons. The molecule has 0 spiro atoms. The van der Waals surface area contributed by atoms with Crippen LogP contribution in [-0.2, 0) is 0 Å². The second-order valence-electron chi connectivity index (χ2n) is 4.38. The van der Waals surface area contributed by atoms with Crippen LogP contribution in [0, 0.1) is 11.8 Å². The molecule has 0 bridgehead atoms. The van der Waals surface area contributed by atoms with Gasteiger partial charge in [0.1, 0.15) is 0 Å². The summed E-state index contributed by atoms with van der Waals surface area (Å²) in [6.07, 6.45) is 3.02. The lowest BCUT2D eigenvalue weighted by atomic mass is 9.80. The lowest BCUT2D eigenvalue weighted by Crippen LogP contribution is -2.37. The molecule has 3 atom stereocenters. The minimum atomic E-state index is -0.471. The molecule has 0 unspecified atom stereocenters. The van der Waals surface area contributed by atoms with Crippen LogP contribution in [0.5, 0.6) is 0 Å². The predicted molar refractivity (Wildman–Crippen MR) is 48.8 cm³/mol. The Morgan fingerprint density at radius 3 is 2.50 bits per heavy atom. The van der Waals surface area contributed by atoms with Crippen molar-refractivity contribution in [2.75, 3.05) is 0 Å². The maximum atomic E-state index is 9.64. The molecule has 2 N–H and O–H groups in total. The molecule has 0 amide bonds. The van der Waals surface area contributed by atoms with E-state index in [2.05, 4.69) is 13.8 Å². The van der Waals surface area contributed by atoms with Gasteiger partial charge in [0.25, 0.3) is 0 Å². The van der Waals surface area contributed by atoms with Gasteiger partial charge in [0, 0.05) is 0 Å². The molecule has 2 nitrogen and oxygen atoms in total. The third-order valence-corrected chi connectivity index (χ3v) is 2.73. The summed E-state index contributed by atoms with van der Waals surface area (Å²) in [6, 6.07) is 0. The van der Waals surface area contributed by atoms with Crippen LogP contribution in [0.1, 0.15) is 39.5 Å². The summed E-state index contributed by atoms with van der Waals surface area (Å²) in [5, 5.41) is 19.0. The second-order valence-corrected chi connectivity index (χ2v) is 4.38. The van der Waals surface area contributed by atoms with E-state index in [1.54, 1.807) is 0 Å². The molecule has 0 aromatic rings. The first-order valence-corrected chi connectivity index (χ1v) is 4.97. The molecule has 0 aliphatic heterocycles. The Hall–Kier alpha value is -0.0800. The van der Waals surface area contributed by atoms with Crippen molar-refractivity contribution < 1.29 is 10.2 Å². The quantitative estimate of drug-likeness (QED) is 0.663. The van der Waals surface area contributed by atoms with Crippen LogP contribution < -0.4 is 0 Å². The minimum absolute atomic E-state index is 0.328. The molecular weight excluding hydrogens is 152 g/mol. The summed E-state index contributed by atoms with van der Waals surface area (Å²) in [5.41, 5.74) is 0. The van der Waals surface area contributed by atoms with Crippen molar-refractivity contribution in [3.05, 3.63) is 0 Å². The van der Waals surface area contributed by atoms with Crippen LogP contribution in [0.15, 0.2) is 0 Å². The van der Waals surface area contributed by atoms with Crippen LogP contribution >= 0.6 is 0 Å². The van der Waals surface area contributed by atoms with Crippen molar-refractivity contribution in [1.82, 2.24) is 0 Å². The highest BCUT2D eigenvalue weighted by atomic mass is 16.3. The molecule has 1 rings (SSSR count). The third kappa shape index (κ3) is 2.46. The molecular formula is C10H20O2. The maximum Gasteiger partial charge on any atom is 0.0827 e. The van der Waals surface area contributed by atoms with E-state index >= 15 is 0 Å². The normalized spacial score (nSPS) is 37.2. The molecule has 1 aliphatic rings. The van der Waals surface area contributed by atoms with Gasteiger partial charge >= 0.3 is 0 Å². The number of hydrogen-bond donors (Lipinski definition) is 2. The first-order chi connectivity index (χ1) is 5.61. The van der Waals surface area contributed by atoms with Gasteiger partial charge in [0.05, 0.1) is 12.2 Å². The van der Waals surface area contributed by atoms with Crippen LogP contribution in [0.2, 0.25) is 0 Å². The van der Waals surface area contributed by atoms with Crippen LogP contribution in [-0.4, -0.2) is 22.4 Å². The zero-order chi connectivity index (χ0) is 9.14. The fourth-order valence-corrected chi connectivity index (χ4v) is 2.11. The van der Waals surface area contributed by atoms with Gasteiger partial charge in [-0.15, -0.1) is 0 Å². The van der Waals surface area contributed by atoms with E-state index in [1.807, 2.05) is 0 Å². The average molecular weight is 172 g/mol. The van der Waals surface area contributed by atoms with Crippen molar-refractivity contribution in [1.29, 1.82) is 0 Å². The Kier molecular flexibility index (Phi) is 3.53. The molecule has 1 saturated carbocycles. The largest absolute Gasteiger partial charge is 0.390 e. The van der Waals surface area contributed by atoms with E-state index in [4.69, 9.17) is 0 Å². The topological polar surface area (TPSA) is 40.5 Å². The van der Waals surface area contributed by atoms with E-state index in [1.165, 1.54) is 0 Å². The number of rotatable bonds is 2. The SMILES string of the molecule is CC(C)C[C@H]1CCC[C@@H](O)[C@H]1O. The number of aliphatic hydroxyl groups is 2. The Labute approximate surface area is 74.6 Å².